The highest BCUT2D eigenvalue weighted by molar-refractivity contribution is 7.20. The first-order valence-corrected chi connectivity index (χ1v) is 8.19. The maximum atomic E-state index is 12.1. The van der Waals surface area contributed by atoms with Crippen LogP contribution < -0.4 is 4.90 Å². The number of aryl methyl sites for hydroxylation is 1. The number of aliphatic carboxylic acids is 1. The van der Waals surface area contributed by atoms with E-state index in [1.54, 1.807) is 11.8 Å². The average molecular weight is 337 g/mol. The third kappa shape index (κ3) is 3.58. The molecule has 0 aliphatic carbocycles. The molecule has 0 bridgehead atoms. The second-order valence-electron chi connectivity index (χ2n) is 4.97. The Kier molecular flexibility index (Phi) is 5.49. The van der Waals surface area contributed by atoms with E-state index in [9.17, 15) is 9.59 Å². The van der Waals surface area contributed by atoms with Crippen LogP contribution in [0, 0.1) is 6.92 Å². The number of rotatable bonds is 7. The Bertz CT molecular complexity index is 729. The van der Waals surface area contributed by atoms with E-state index in [2.05, 4.69) is 9.97 Å². The number of carbonyl (C=O) groups is 2. The summed E-state index contributed by atoms with van der Waals surface area (Å²) in [5.41, 5.74) is 0.727. The fourth-order valence-electron chi connectivity index (χ4n) is 2.38. The predicted molar refractivity (Wildman–Crippen MR) is 88.2 cm³/mol. The molecule has 2 aromatic heterocycles. The van der Waals surface area contributed by atoms with Crippen molar-refractivity contribution < 1.29 is 19.4 Å². The molecule has 2 rings (SSSR count). The number of hydrogen-bond acceptors (Lipinski definition) is 7. The summed E-state index contributed by atoms with van der Waals surface area (Å²) in [6.07, 6.45) is 2.18. The van der Waals surface area contributed by atoms with Crippen LogP contribution >= 0.6 is 11.3 Å². The quantitative estimate of drug-likeness (QED) is 0.776. The average Bonchev–Trinajstić information content (AvgIpc) is 2.84. The molecule has 8 heteroatoms. The molecule has 1 N–H and O–H groups in total. The lowest BCUT2D eigenvalue weighted by atomic mass is 10.2. The normalized spacial score (nSPS) is 10.7. The summed E-state index contributed by atoms with van der Waals surface area (Å²) in [6, 6.07) is 0. The SMILES string of the molecule is CCCN(CC(=O)O)c1ncnc2sc(C(=O)OCC)c(C)c12. The minimum absolute atomic E-state index is 0.149. The number of carbonyl (C=O) groups excluding carboxylic acids is 1. The highest BCUT2D eigenvalue weighted by Crippen LogP contribution is 2.35. The van der Waals surface area contributed by atoms with E-state index >= 15 is 0 Å². The number of carboxylic acids is 1. The van der Waals surface area contributed by atoms with E-state index in [-0.39, 0.29) is 12.5 Å². The molecule has 0 radical (unpaired) electrons. The molecule has 0 amide bonds. The molecular weight excluding hydrogens is 318 g/mol. The van der Waals surface area contributed by atoms with Gasteiger partial charge in [0.25, 0.3) is 0 Å². The van der Waals surface area contributed by atoms with Gasteiger partial charge in [0.2, 0.25) is 0 Å². The number of aromatic nitrogens is 2. The number of fused-ring (bicyclic) bond motifs is 1. The Morgan fingerprint density at radius 3 is 2.70 bits per heavy atom. The first-order valence-electron chi connectivity index (χ1n) is 7.37. The van der Waals surface area contributed by atoms with Gasteiger partial charge in [0.15, 0.2) is 0 Å². The third-order valence-corrected chi connectivity index (χ3v) is 4.47. The lowest BCUT2D eigenvalue weighted by Crippen LogP contribution is -2.31. The Balaban J connectivity index is 2.55. The molecule has 2 aromatic rings. The van der Waals surface area contributed by atoms with Gasteiger partial charge in [-0.3, -0.25) is 4.79 Å². The Labute approximate surface area is 137 Å². The van der Waals surface area contributed by atoms with Crippen LogP contribution in [0.25, 0.3) is 10.2 Å². The minimum Gasteiger partial charge on any atom is -0.480 e. The highest BCUT2D eigenvalue weighted by atomic mass is 32.1. The van der Waals surface area contributed by atoms with E-state index in [1.807, 2.05) is 13.8 Å². The predicted octanol–water partition coefficient (Wildman–Crippen LogP) is 2.48. The van der Waals surface area contributed by atoms with Crippen molar-refractivity contribution in [2.75, 3.05) is 24.6 Å². The molecule has 2 heterocycles. The van der Waals surface area contributed by atoms with Gasteiger partial charge in [-0.05, 0) is 25.8 Å². The van der Waals surface area contributed by atoms with Gasteiger partial charge in [0.1, 0.15) is 28.4 Å². The number of nitrogens with zero attached hydrogens (tertiary/aromatic N) is 3. The molecule has 23 heavy (non-hydrogen) atoms. The minimum atomic E-state index is -0.927. The Morgan fingerprint density at radius 2 is 2.09 bits per heavy atom. The van der Waals surface area contributed by atoms with Crippen molar-refractivity contribution in [1.29, 1.82) is 0 Å². The first-order chi connectivity index (χ1) is 11.0. The molecule has 0 saturated carbocycles. The summed E-state index contributed by atoms with van der Waals surface area (Å²) in [6.45, 7) is 6.24. The smallest absolute Gasteiger partial charge is 0.348 e. The standard InChI is InChI=1S/C15H19N3O4S/c1-4-6-18(7-10(19)20)13-11-9(3)12(15(21)22-5-2)23-14(11)17-8-16-13/h8H,4-7H2,1-3H3,(H,19,20). The molecule has 0 atom stereocenters. The molecule has 7 nitrogen and oxygen atoms in total. The van der Waals surface area contributed by atoms with Crippen molar-refractivity contribution in [1.82, 2.24) is 9.97 Å². The molecule has 0 aliphatic rings. The van der Waals surface area contributed by atoms with Crippen molar-refractivity contribution >= 4 is 39.3 Å². The van der Waals surface area contributed by atoms with Crippen LogP contribution in [-0.2, 0) is 9.53 Å². The third-order valence-electron chi connectivity index (χ3n) is 3.29. The van der Waals surface area contributed by atoms with Crippen LogP contribution in [0.4, 0.5) is 5.82 Å². The van der Waals surface area contributed by atoms with Gasteiger partial charge in [-0.15, -0.1) is 11.3 Å². The number of ether oxygens (including phenoxy) is 1. The lowest BCUT2D eigenvalue weighted by molar-refractivity contribution is -0.135. The van der Waals surface area contributed by atoms with E-state index in [1.165, 1.54) is 17.7 Å². The Morgan fingerprint density at radius 1 is 1.35 bits per heavy atom. The summed E-state index contributed by atoms with van der Waals surface area (Å²) in [5.74, 6) is -0.772. The molecule has 0 aliphatic heterocycles. The van der Waals surface area contributed by atoms with Crippen molar-refractivity contribution in [2.45, 2.75) is 27.2 Å². The fourth-order valence-corrected chi connectivity index (χ4v) is 3.41. The number of thiophene rings is 1. The van der Waals surface area contributed by atoms with Gasteiger partial charge in [-0.1, -0.05) is 6.92 Å². The van der Waals surface area contributed by atoms with Gasteiger partial charge in [0, 0.05) is 6.54 Å². The van der Waals surface area contributed by atoms with Gasteiger partial charge in [0.05, 0.1) is 12.0 Å². The summed E-state index contributed by atoms with van der Waals surface area (Å²) in [7, 11) is 0. The molecule has 0 saturated heterocycles. The van der Waals surface area contributed by atoms with Gasteiger partial charge < -0.3 is 14.7 Å². The number of esters is 1. The molecule has 124 valence electrons. The second-order valence-corrected chi connectivity index (χ2v) is 5.97. The topological polar surface area (TPSA) is 92.6 Å². The lowest BCUT2D eigenvalue weighted by Gasteiger charge is -2.21. The van der Waals surface area contributed by atoms with E-state index < -0.39 is 5.97 Å². The number of hydrogen-bond donors (Lipinski definition) is 1. The molecule has 0 fully saturated rings. The summed E-state index contributed by atoms with van der Waals surface area (Å²) < 4.78 is 5.07. The molecule has 0 aromatic carbocycles. The summed E-state index contributed by atoms with van der Waals surface area (Å²) in [5, 5.41) is 9.84. The molecular formula is C15H19N3O4S. The van der Waals surface area contributed by atoms with Gasteiger partial charge >= 0.3 is 11.9 Å². The van der Waals surface area contributed by atoms with E-state index in [0.29, 0.717) is 28.7 Å². The van der Waals surface area contributed by atoms with E-state index in [4.69, 9.17) is 9.84 Å². The maximum absolute atomic E-state index is 12.1. The van der Waals surface area contributed by atoms with Crippen molar-refractivity contribution in [3.63, 3.8) is 0 Å². The van der Waals surface area contributed by atoms with Crippen LogP contribution in [0.3, 0.4) is 0 Å². The fraction of sp³-hybridized carbons (Fsp3) is 0.467. The van der Waals surface area contributed by atoms with Crippen molar-refractivity contribution in [3.8, 4) is 0 Å². The van der Waals surface area contributed by atoms with Crippen molar-refractivity contribution in [2.24, 2.45) is 0 Å². The van der Waals surface area contributed by atoms with Crippen LogP contribution in [0.15, 0.2) is 6.33 Å². The highest BCUT2D eigenvalue weighted by Gasteiger charge is 2.23. The second kappa shape index (κ2) is 7.36. The zero-order valence-electron chi connectivity index (χ0n) is 13.3. The van der Waals surface area contributed by atoms with Crippen LogP contribution in [0.5, 0.6) is 0 Å². The Hall–Kier alpha value is -2.22. The maximum Gasteiger partial charge on any atom is 0.348 e. The van der Waals surface area contributed by atoms with Crippen molar-refractivity contribution in [3.05, 3.63) is 16.8 Å². The zero-order chi connectivity index (χ0) is 17.0. The van der Waals surface area contributed by atoms with Gasteiger partial charge in [-0.2, -0.15) is 0 Å². The molecule has 0 spiro atoms. The molecule has 0 unspecified atom stereocenters. The number of carboxylic acid groups (broad SMARTS) is 1. The van der Waals surface area contributed by atoms with E-state index in [0.717, 1.165) is 17.4 Å². The van der Waals surface area contributed by atoms with Gasteiger partial charge in [-0.25, -0.2) is 14.8 Å². The van der Waals surface area contributed by atoms with Crippen LogP contribution in [0.2, 0.25) is 0 Å². The summed E-state index contributed by atoms with van der Waals surface area (Å²) >= 11 is 1.24. The first kappa shape index (κ1) is 17.1. The van der Waals surface area contributed by atoms with Crippen LogP contribution in [0.1, 0.15) is 35.5 Å². The monoisotopic (exact) mass is 337 g/mol. The zero-order valence-corrected chi connectivity index (χ0v) is 14.1. The van der Waals surface area contributed by atoms with Crippen LogP contribution in [-0.4, -0.2) is 46.7 Å². The largest absolute Gasteiger partial charge is 0.480 e. The number of anilines is 1. The summed E-state index contributed by atoms with van der Waals surface area (Å²) in [4.78, 5) is 34.5.